The standard InChI is InChI=1S/C26H20N2O3/c29-26-21(14-18(15-24(26)28(30)31)13-17-5-2-1-3-6-17)16-27-23-12-11-20-10-9-19-7-4-8-22(23)25(19)20/h1-8,11-12,14-16,29H,9-10,13H2/p-1. The predicted molar refractivity (Wildman–Crippen MR) is 120 cm³/mol. The van der Waals surface area contributed by atoms with Crippen molar-refractivity contribution in [2.45, 2.75) is 19.3 Å². The molecule has 0 radical (unpaired) electrons. The Balaban J connectivity index is 1.57. The van der Waals surface area contributed by atoms with Gasteiger partial charge in [0.15, 0.2) is 0 Å². The summed E-state index contributed by atoms with van der Waals surface area (Å²) in [4.78, 5) is 15.4. The second-order valence-corrected chi connectivity index (χ2v) is 7.79. The molecule has 0 N–H and O–H groups in total. The fourth-order valence-corrected chi connectivity index (χ4v) is 4.34. The van der Waals surface area contributed by atoms with Crippen molar-refractivity contribution < 1.29 is 10.0 Å². The summed E-state index contributed by atoms with van der Waals surface area (Å²) in [6.45, 7) is 0. The second-order valence-electron chi connectivity index (χ2n) is 7.79. The first kappa shape index (κ1) is 19.0. The molecular formula is C26H19N2O3-. The van der Waals surface area contributed by atoms with Crippen molar-refractivity contribution >= 4 is 28.4 Å². The summed E-state index contributed by atoms with van der Waals surface area (Å²) >= 11 is 0. The van der Waals surface area contributed by atoms with E-state index in [0.717, 1.165) is 29.5 Å². The molecule has 0 atom stereocenters. The molecule has 152 valence electrons. The van der Waals surface area contributed by atoms with Gasteiger partial charge in [0.25, 0.3) is 5.69 Å². The largest absolute Gasteiger partial charge is 0.867 e. The van der Waals surface area contributed by atoms with E-state index in [0.29, 0.717) is 12.0 Å². The van der Waals surface area contributed by atoms with Crippen LogP contribution in [0.25, 0.3) is 10.8 Å². The van der Waals surface area contributed by atoms with Gasteiger partial charge in [0, 0.05) is 17.7 Å². The Morgan fingerprint density at radius 1 is 0.903 bits per heavy atom. The molecular weight excluding hydrogens is 388 g/mol. The lowest BCUT2D eigenvalue weighted by molar-refractivity contribution is -0.398. The van der Waals surface area contributed by atoms with Gasteiger partial charge in [-0.3, -0.25) is 15.1 Å². The molecule has 4 aromatic carbocycles. The number of nitro groups is 1. The van der Waals surface area contributed by atoms with Crippen molar-refractivity contribution in [2.24, 2.45) is 4.99 Å². The van der Waals surface area contributed by atoms with Crippen molar-refractivity contribution in [3.05, 3.63) is 111 Å². The van der Waals surface area contributed by atoms with Gasteiger partial charge < -0.3 is 5.11 Å². The molecule has 4 aromatic rings. The van der Waals surface area contributed by atoms with Crippen LogP contribution in [0.3, 0.4) is 0 Å². The number of aryl methyl sites for hydroxylation is 2. The van der Waals surface area contributed by atoms with Crippen molar-refractivity contribution in [3.8, 4) is 5.75 Å². The minimum absolute atomic E-state index is 0.225. The van der Waals surface area contributed by atoms with E-state index in [1.165, 1.54) is 28.8 Å². The number of benzene rings is 4. The first-order valence-electron chi connectivity index (χ1n) is 10.2. The van der Waals surface area contributed by atoms with Gasteiger partial charge in [0.1, 0.15) is 0 Å². The Morgan fingerprint density at radius 3 is 2.45 bits per heavy atom. The molecule has 0 saturated heterocycles. The maximum Gasteiger partial charge on any atom is 0.262 e. The van der Waals surface area contributed by atoms with Crippen LogP contribution in [0.1, 0.15) is 27.8 Å². The van der Waals surface area contributed by atoms with E-state index in [2.05, 4.69) is 17.1 Å². The lowest BCUT2D eigenvalue weighted by Crippen LogP contribution is -2.04. The third-order valence-corrected chi connectivity index (χ3v) is 5.80. The van der Waals surface area contributed by atoms with Gasteiger partial charge in [0.2, 0.25) is 0 Å². The molecule has 1 aliphatic carbocycles. The van der Waals surface area contributed by atoms with Crippen molar-refractivity contribution in [3.63, 3.8) is 0 Å². The molecule has 0 bridgehead atoms. The second kappa shape index (κ2) is 7.69. The fourth-order valence-electron chi connectivity index (χ4n) is 4.34. The van der Waals surface area contributed by atoms with Gasteiger partial charge in [0.05, 0.1) is 10.6 Å². The molecule has 0 amide bonds. The Morgan fingerprint density at radius 2 is 1.68 bits per heavy atom. The quantitative estimate of drug-likeness (QED) is 0.257. The summed E-state index contributed by atoms with van der Waals surface area (Å²) in [6.07, 6.45) is 4.02. The zero-order chi connectivity index (χ0) is 21.4. The monoisotopic (exact) mass is 407 g/mol. The minimum Gasteiger partial charge on any atom is -0.867 e. The van der Waals surface area contributed by atoms with Crippen molar-refractivity contribution in [1.82, 2.24) is 0 Å². The van der Waals surface area contributed by atoms with E-state index in [1.54, 1.807) is 6.07 Å². The lowest BCUT2D eigenvalue weighted by Gasteiger charge is -2.13. The fraction of sp³-hybridized carbons (Fsp3) is 0.115. The Hall–Kier alpha value is -3.99. The summed E-state index contributed by atoms with van der Waals surface area (Å²) < 4.78 is 0. The number of nitrogens with zero attached hydrogens (tertiary/aromatic N) is 2. The van der Waals surface area contributed by atoms with E-state index >= 15 is 0 Å². The number of rotatable bonds is 5. The van der Waals surface area contributed by atoms with Gasteiger partial charge >= 0.3 is 0 Å². The van der Waals surface area contributed by atoms with Crippen LogP contribution in [0.15, 0.2) is 77.8 Å². The van der Waals surface area contributed by atoms with Crippen LogP contribution in [-0.2, 0) is 19.3 Å². The van der Waals surface area contributed by atoms with E-state index in [4.69, 9.17) is 0 Å². The number of hydrogen-bond acceptors (Lipinski definition) is 4. The molecule has 0 spiro atoms. The number of hydrogen-bond donors (Lipinski definition) is 0. The zero-order valence-electron chi connectivity index (χ0n) is 16.7. The van der Waals surface area contributed by atoms with Crippen LogP contribution < -0.4 is 5.11 Å². The van der Waals surface area contributed by atoms with Crippen LogP contribution in [0, 0.1) is 10.1 Å². The maximum absolute atomic E-state index is 12.7. The van der Waals surface area contributed by atoms with Crippen LogP contribution >= 0.6 is 0 Å². The summed E-state index contributed by atoms with van der Waals surface area (Å²) in [5.74, 6) is -0.614. The SMILES string of the molecule is O=[N+]([O-])c1cc(Cc2ccccc2)cc(C=Nc2ccc3c4c(cccc24)CC3)c1[O-]. The summed E-state index contributed by atoms with van der Waals surface area (Å²) in [6, 6.07) is 23.0. The molecule has 0 aliphatic heterocycles. The average Bonchev–Trinajstić information content (AvgIpc) is 3.20. The molecule has 0 unspecified atom stereocenters. The van der Waals surface area contributed by atoms with Gasteiger partial charge in [-0.2, -0.15) is 0 Å². The van der Waals surface area contributed by atoms with Crippen molar-refractivity contribution in [1.29, 1.82) is 0 Å². The van der Waals surface area contributed by atoms with Gasteiger partial charge in [-0.15, -0.1) is 0 Å². The van der Waals surface area contributed by atoms with E-state index < -0.39 is 16.4 Å². The third-order valence-electron chi connectivity index (χ3n) is 5.80. The van der Waals surface area contributed by atoms with Crippen molar-refractivity contribution in [2.75, 3.05) is 0 Å². The molecule has 0 saturated carbocycles. The van der Waals surface area contributed by atoms with E-state index in [9.17, 15) is 15.2 Å². The first-order chi connectivity index (χ1) is 15.1. The average molecular weight is 407 g/mol. The first-order valence-corrected chi connectivity index (χ1v) is 10.2. The van der Waals surface area contributed by atoms with Gasteiger partial charge in [-0.1, -0.05) is 54.6 Å². The Bertz CT molecular complexity index is 1330. The normalized spacial score (nSPS) is 12.6. The topological polar surface area (TPSA) is 78.6 Å². The third kappa shape index (κ3) is 3.55. The zero-order valence-corrected chi connectivity index (χ0v) is 16.7. The highest BCUT2D eigenvalue weighted by Gasteiger charge is 2.16. The minimum atomic E-state index is -0.618. The number of nitro benzene ring substituents is 1. The van der Waals surface area contributed by atoms with Crippen LogP contribution in [0.5, 0.6) is 5.75 Å². The maximum atomic E-state index is 12.7. The highest BCUT2D eigenvalue weighted by Crippen LogP contribution is 2.36. The van der Waals surface area contributed by atoms with Crippen LogP contribution in [0.2, 0.25) is 0 Å². The van der Waals surface area contributed by atoms with Gasteiger partial charge in [-0.25, -0.2) is 0 Å². The molecule has 0 heterocycles. The summed E-state index contributed by atoms with van der Waals surface area (Å²) in [5, 5.41) is 26.4. The summed E-state index contributed by atoms with van der Waals surface area (Å²) in [5.41, 5.74) is 4.92. The van der Waals surface area contributed by atoms with Gasteiger partial charge in [-0.05, 0) is 70.3 Å². The highest BCUT2D eigenvalue weighted by atomic mass is 16.6. The van der Waals surface area contributed by atoms with Crippen LogP contribution in [-0.4, -0.2) is 11.1 Å². The highest BCUT2D eigenvalue weighted by molar-refractivity contribution is 6.00. The van der Waals surface area contributed by atoms with E-state index in [-0.39, 0.29) is 5.56 Å². The predicted octanol–water partition coefficient (Wildman–Crippen LogP) is 5.26. The molecule has 5 rings (SSSR count). The molecule has 0 aromatic heterocycles. The van der Waals surface area contributed by atoms with E-state index in [1.807, 2.05) is 48.5 Å². The smallest absolute Gasteiger partial charge is 0.262 e. The molecule has 5 nitrogen and oxygen atoms in total. The molecule has 31 heavy (non-hydrogen) atoms. The Labute approximate surface area is 179 Å². The number of aliphatic imine (C=N–C) groups is 1. The summed E-state index contributed by atoms with van der Waals surface area (Å²) in [7, 11) is 0. The van der Waals surface area contributed by atoms with Crippen LogP contribution in [0.4, 0.5) is 11.4 Å². The Kier molecular flexibility index (Phi) is 4.71. The lowest BCUT2D eigenvalue weighted by atomic mass is 10.0. The molecule has 0 fully saturated rings. The molecule has 5 heteroatoms. The molecule has 1 aliphatic rings.